The molecule has 0 unspecified atom stereocenters. The molecular formula is C12H23N. The highest BCUT2D eigenvalue weighted by Crippen LogP contribution is 2.48. The molecule has 1 heteroatoms. The summed E-state index contributed by atoms with van der Waals surface area (Å²) in [4.78, 5) is 2.51. The molecule has 2 rings (SSSR count). The molecule has 1 aliphatic carbocycles. The van der Waals surface area contributed by atoms with Gasteiger partial charge in [-0.05, 0) is 39.5 Å². The molecule has 0 saturated heterocycles. The fraction of sp³-hybridized carbons (Fsp3) is 0.833. The lowest BCUT2D eigenvalue weighted by molar-refractivity contribution is 0.0881. The van der Waals surface area contributed by atoms with E-state index in [0.717, 1.165) is 0 Å². The standard InChI is InChI=1S/C10H17N.C2H6/c1-8-7-10(5-4-6-10)11(3)9(8)2;1-2/h4-7H2,1-3H3;1-2H3. The first kappa shape index (κ1) is 10.6. The maximum Gasteiger partial charge on any atom is 0.0433 e. The van der Waals surface area contributed by atoms with Crippen molar-refractivity contribution >= 4 is 0 Å². The largest absolute Gasteiger partial charge is 0.372 e. The van der Waals surface area contributed by atoms with Crippen molar-refractivity contribution in [2.24, 2.45) is 0 Å². The van der Waals surface area contributed by atoms with Gasteiger partial charge in [-0.2, -0.15) is 0 Å². The summed E-state index contributed by atoms with van der Waals surface area (Å²) < 4.78 is 0. The maximum atomic E-state index is 2.51. The van der Waals surface area contributed by atoms with E-state index >= 15 is 0 Å². The molecular weight excluding hydrogens is 158 g/mol. The Labute approximate surface area is 82.8 Å². The Morgan fingerprint density at radius 1 is 1.15 bits per heavy atom. The van der Waals surface area contributed by atoms with E-state index in [2.05, 4.69) is 25.8 Å². The van der Waals surface area contributed by atoms with Crippen LogP contribution in [-0.2, 0) is 0 Å². The van der Waals surface area contributed by atoms with Crippen LogP contribution in [0.15, 0.2) is 11.3 Å². The van der Waals surface area contributed by atoms with Crippen LogP contribution < -0.4 is 0 Å². The quantitative estimate of drug-likeness (QED) is 0.552. The molecule has 2 aliphatic rings. The van der Waals surface area contributed by atoms with Gasteiger partial charge in [-0.1, -0.05) is 19.4 Å². The van der Waals surface area contributed by atoms with Crippen molar-refractivity contribution < 1.29 is 0 Å². The monoisotopic (exact) mass is 181 g/mol. The highest BCUT2D eigenvalue weighted by molar-refractivity contribution is 5.24. The number of nitrogens with zero attached hydrogens (tertiary/aromatic N) is 1. The Bertz CT molecular complexity index is 211. The molecule has 1 saturated carbocycles. The van der Waals surface area contributed by atoms with Crippen LogP contribution in [0.25, 0.3) is 0 Å². The number of rotatable bonds is 0. The molecule has 0 radical (unpaired) electrons. The molecule has 0 bridgehead atoms. The molecule has 0 N–H and O–H groups in total. The minimum absolute atomic E-state index is 0.578. The van der Waals surface area contributed by atoms with E-state index in [9.17, 15) is 0 Å². The number of hydrogen-bond acceptors (Lipinski definition) is 1. The maximum absolute atomic E-state index is 2.51. The topological polar surface area (TPSA) is 3.24 Å². The van der Waals surface area contributed by atoms with Gasteiger partial charge in [0.05, 0.1) is 0 Å². The van der Waals surface area contributed by atoms with Gasteiger partial charge in [-0.15, -0.1) is 0 Å². The van der Waals surface area contributed by atoms with Crippen molar-refractivity contribution in [3.05, 3.63) is 11.3 Å². The van der Waals surface area contributed by atoms with E-state index in [1.165, 1.54) is 31.4 Å². The van der Waals surface area contributed by atoms with Crippen molar-refractivity contribution in [3.63, 3.8) is 0 Å². The average molecular weight is 181 g/mol. The van der Waals surface area contributed by atoms with E-state index < -0.39 is 0 Å². The zero-order valence-corrected chi connectivity index (χ0v) is 9.78. The van der Waals surface area contributed by atoms with Crippen LogP contribution in [0, 0.1) is 0 Å². The summed E-state index contributed by atoms with van der Waals surface area (Å²) in [5.74, 6) is 0. The number of hydrogen-bond donors (Lipinski definition) is 0. The fourth-order valence-corrected chi connectivity index (χ4v) is 2.48. The molecule has 0 aromatic carbocycles. The van der Waals surface area contributed by atoms with Crippen LogP contribution in [0.5, 0.6) is 0 Å². The lowest BCUT2D eigenvalue weighted by Gasteiger charge is -2.46. The second-order valence-corrected chi connectivity index (χ2v) is 4.18. The summed E-state index contributed by atoms with van der Waals surface area (Å²) in [6.45, 7) is 8.53. The third kappa shape index (κ3) is 1.49. The minimum atomic E-state index is 0.578. The van der Waals surface area contributed by atoms with Crippen molar-refractivity contribution in [1.29, 1.82) is 0 Å². The van der Waals surface area contributed by atoms with Crippen molar-refractivity contribution in [2.75, 3.05) is 7.05 Å². The molecule has 1 aliphatic heterocycles. The smallest absolute Gasteiger partial charge is 0.0433 e. The van der Waals surface area contributed by atoms with Crippen LogP contribution in [0.4, 0.5) is 0 Å². The second-order valence-electron chi connectivity index (χ2n) is 4.18. The van der Waals surface area contributed by atoms with E-state index in [1.807, 2.05) is 13.8 Å². The minimum Gasteiger partial charge on any atom is -0.372 e. The Hall–Kier alpha value is -0.460. The lowest BCUT2D eigenvalue weighted by atomic mass is 9.74. The molecule has 1 nitrogen and oxygen atoms in total. The molecule has 1 spiro atoms. The number of allylic oxidation sites excluding steroid dienone is 1. The van der Waals surface area contributed by atoms with Crippen LogP contribution in [0.2, 0.25) is 0 Å². The van der Waals surface area contributed by atoms with Gasteiger partial charge < -0.3 is 4.90 Å². The van der Waals surface area contributed by atoms with Gasteiger partial charge in [-0.25, -0.2) is 0 Å². The van der Waals surface area contributed by atoms with Gasteiger partial charge in [0.15, 0.2) is 0 Å². The first-order valence-corrected chi connectivity index (χ1v) is 5.56. The predicted octanol–water partition coefficient (Wildman–Crippen LogP) is 3.56. The molecule has 1 fully saturated rings. The molecule has 0 atom stereocenters. The normalized spacial score (nSPS) is 24.2. The summed E-state index contributed by atoms with van der Waals surface area (Å²) in [6.07, 6.45) is 5.59. The van der Waals surface area contributed by atoms with Gasteiger partial charge in [0.2, 0.25) is 0 Å². The first-order chi connectivity index (χ1) is 6.16. The lowest BCUT2D eigenvalue weighted by Crippen LogP contribution is -2.47. The van der Waals surface area contributed by atoms with Crippen LogP contribution in [0.1, 0.15) is 53.4 Å². The van der Waals surface area contributed by atoms with Crippen LogP contribution in [-0.4, -0.2) is 17.5 Å². The second kappa shape index (κ2) is 3.73. The summed E-state index contributed by atoms with van der Waals surface area (Å²) in [5, 5.41) is 0. The zero-order chi connectivity index (χ0) is 10.1. The predicted molar refractivity (Wildman–Crippen MR) is 58.7 cm³/mol. The fourth-order valence-electron chi connectivity index (χ4n) is 2.48. The highest BCUT2D eigenvalue weighted by Gasteiger charge is 2.44. The molecule has 76 valence electrons. The van der Waals surface area contributed by atoms with Crippen LogP contribution >= 0.6 is 0 Å². The SMILES string of the molecule is CC.CC1=C(C)N(C)C2(CCC2)C1. The Balaban J connectivity index is 0.000000396. The molecule has 0 amide bonds. The van der Waals surface area contributed by atoms with Gasteiger partial charge in [0, 0.05) is 18.3 Å². The van der Waals surface area contributed by atoms with Gasteiger partial charge in [0.1, 0.15) is 0 Å². The van der Waals surface area contributed by atoms with Crippen molar-refractivity contribution in [1.82, 2.24) is 4.90 Å². The van der Waals surface area contributed by atoms with E-state index in [-0.39, 0.29) is 0 Å². The summed E-state index contributed by atoms with van der Waals surface area (Å²) in [7, 11) is 2.25. The highest BCUT2D eigenvalue weighted by atomic mass is 15.2. The first-order valence-electron chi connectivity index (χ1n) is 5.56. The molecule has 1 heterocycles. The third-order valence-electron chi connectivity index (χ3n) is 3.71. The van der Waals surface area contributed by atoms with E-state index in [1.54, 1.807) is 5.57 Å². The Kier molecular flexibility index (Phi) is 3.05. The summed E-state index contributed by atoms with van der Waals surface area (Å²) in [5.41, 5.74) is 3.70. The Morgan fingerprint density at radius 3 is 1.85 bits per heavy atom. The van der Waals surface area contributed by atoms with Crippen LogP contribution in [0.3, 0.4) is 0 Å². The van der Waals surface area contributed by atoms with E-state index in [0.29, 0.717) is 5.54 Å². The molecule has 13 heavy (non-hydrogen) atoms. The average Bonchev–Trinajstić information content (AvgIpc) is 2.32. The van der Waals surface area contributed by atoms with Gasteiger partial charge >= 0.3 is 0 Å². The van der Waals surface area contributed by atoms with Crippen molar-refractivity contribution in [3.8, 4) is 0 Å². The zero-order valence-electron chi connectivity index (χ0n) is 9.78. The molecule has 0 aromatic rings. The van der Waals surface area contributed by atoms with Gasteiger partial charge in [-0.3, -0.25) is 0 Å². The summed E-state index contributed by atoms with van der Waals surface area (Å²) >= 11 is 0. The summed E-state index contributed by atoms with van der Waals surface area (Å²) in [6, 6.07) is 0. The molecule has 0 aromatic heterocycles. The van der Waals surface area contributed by atoms with E-state index in [4.69, 9.17) is 0 Å². The third-order valence-corrected chi connectivity index (χ3v) is 3.71. The Morgan fingerprint density at radius 2 is 1.69 bits per heavy atom. The van der Waals surface area contributed by atoms with Gasteiger partial charge in [0.25, 0.3) is 0 Å². The van der Waals surface area contributed by atoms with Crippen molar-refractivity contribution in [2.45, 2.75) is 58.9 Å².